The van der Waals surface area contributed by atoms with Gasteiger partial charge in [-0.1, -0.05) is 18.2 Å². The smallest absolute Gasteiger partial charge is 0.337 e. The van der Waals surface area contributed by atoms with Gasteiger partial charge in [-0.25, -0.2) is 14.0 Å². The van der Waals surface area contributed by atoms with Gasteiger partial charge in [0.2, 0.25) is 0 Å². The summed E-state index contributed by atoms with van der Waals surface area (Å²) in [7, 11) is 2.61. The maximum absolute atomic E-state index is 13.0. The lowest BCUT2D eigenvalue weighted by molar-refractivity contribution is 0.0591. The van der Waals surface area contributed by atoms with Gasteiger partial charge in [-0.15, -0.1) is 0 Å². The topological polar surface area (TPSA) is 82.1 Å². The van der Waals surface area contributed by atoms with Crippen molar-refractivity contribution in [2.75, 3.05) is 14.2 Å². The van der Waals surface area contributed by atoms with E-state index >= 15 is 0 Å². The molecule has 0 spiro atoms. The minimum atomic E-state index is -0.445. The van der Waals surface area contributed by atoms with E-state index < -0.39 is 11.9 Å². The van der Waals surface area contributed by atoms with Crippen molar-refractivity contribution in [1.82, 2.24) is 0 Å². The van der Waals surface area contributed by atoms with Crippen LogP contribution in [0.2, 0.25) is 0 Å². The molecule has 0 saturated carbocycles. The minimum Gasteiger partial charge on any atom is -0.508 e. The summed E-state index contributed by atoms with van der Waals surface area (Å²) in [6, 6.07) is 18.3. The van der Waals surface area contributed by atoms with Gasteiger partial charge in [-0.3, -0.25) is 0 Å². The molecule has 0 aliphatic rings. The Hall–Kier alpha value is -3.87. The summed E-state index contributed by atoms with van der Waals surface area (Å²) in [5, 5.41) is 8.95. The average Bonchev–Trinajstić information content (AvgIpc) is 2.73. The van der Waals surface area contributed by atoms with Crippen molar-refractivity contribution < 1.29 is 33.3 Å². The molecule has 0 aromatic heterocycles. The van der Waals surface area contributed by atoms with E-state index in [0.717, 1.165) is 0 Å². The van der Waals surface area contributed by atoms with E-state index in [1.165, 1.54) is 44.6 Å². The van der Waals surface area contributed by atoms with E-state index in [9.17, 15) is 14.0 Å². The molecule has 0 aliphatic carbocycles. The Morgan fingerprint density at radius 2 is 1.28 bits per heavy atom. The van der Waals surface area contributed by atoms with Crippen molar-refractivity contribution in [3.8, 4) is 17.2 Å². The minimum absolute atomic E-state index is 0.0629. The SMILES string of the molecule is COC(=O)c1cccc(O)c1.COC(=O)c1cccc(Oc2cccc(F)c2)c1. The second kappa shape index (κ2) is 10.5. The fraction of sp³-hybridized carbons (Fsp3) is 0.0909. The third-order valence-corrected chi connectivity index (χ3v) is 3.55. The molecule has 0 bridgehead atoms. The second-order valence-electron chi connectivity index (χ2n) is 5.62. The van der Waals surface area contributed by atoms with Crippen LogP contribution in [-0.2, 0) is 9.47 Å². The summed E-state index contributed by atoms with van der Waals surface area (Å²) >= 11 is 0. The Balaban J connectivity index is 0.000000234. The molecule has 0 heterocycles. The Kier molecular flexibility index (Phi) is 7.73. The van der Waals surface area contributed by atoms with E-state index in [-0.39, 0.29) is 11.6 Å². The summed E-state index contributed by atoms with van der Waals surface area (Å²) in [4.78, 5) is 22.2. The van der Waals surface area contributed by atoms with Crippen molar-refractivity contribution in [2.45, 2.75) is 0 Å². The quantitative estimate of drug-likeness (QED) is 0.648. The third kappa shape index (κ3) is 6.66. The summed E-state index contributed by atoms with van der Waals surface area (Å²) < 4.78 is 27.5. The number of ether oxygens (including phenoxy) is 3. The number of hydrogen-bond donors (Lipinski definition) is 1. The molecule has 3 aromatic carbocycles. The van der Waals surface area contributed by atoms with Crippen LogP contribution in [0, 0.1) is 5.82 Å². The number of esters is 2. The lowest BCUT2D eigenvalue weighted by Gasteiger charge is -2.06. The number of methoxy groups -OCH3 is 2. The molecule has 0 atom stereocenters. The molecule has 7 heteroatoms. The third-order valence-electron chi connectivity index (χ3n) is 3.55. The summed E-state index contributed by atoms with van der Waals surface area (Å²) in [6.45, 7) is 0. The molecule has 3 rings (SSSR count). The molecular weight excluding hydrogens is 379 g/mol. The molecule has 0 saturated heterocycles. The van der Waals surface area contributed by atoms with Gasteiger partial charge in [-0.05, 0) is 48.5 Å². The molecular formula is C22H19FO6. The van der Waals surface area contributed by atoms with Crippen molar-refractivity contribution >= 4 is 11.9 Å². The standard InChI is InChI=1S/C14H11FO3.C8H8O3/c1-17-14(16)10-4-2-6-12(8-10)18-13-7-3-5-11(15)9-13;1-11-8(10)6-3-2-4-7(9)5-6/h2-9H,1H3;2-5,9H,1H3. The fourth-order valence-electron chi connectivity index (χ4n) is 2.22. The number of rotatable bonds is 4. The maximum atomic E-state index is 13.0. The lowest BCUT2D eigenvalue weighted by Crippen LogP contribution is -2.00. The van der Waals surface area contributed by atoms with Crippen LogP contribution in [-0.4, -0.2) is 31.3 Å². The van der Waals surface area contributed by atoms with Gasteiger partial charge in [0.25, 0.3) is 0 Å². The van der Waals surface area contributed by atoms with Crippen molar-refractivity contribution in [3.05, 3.63) is 89.7 Å². The first kappa shape index (κ1) is 21.4. The van der Waals surface area contributed by atoms with E-state index in [1.807, 2.05) is 0 Å². The highest BCUT2D eigenvalue weighted by molar-refractivity contribution is 5.90. The first-order valence-corrected chi connectivity index (χ1v) is 8.42. The van der Waals surface area contributed by atoms with Gasteiger partial charge >= 0.3 is 11.9 Å². The van der Waals surface area contributed by atoms with Crippen LogP contribution in [0.25, 0.3) is 0 Å². The number of phenols is 1. The average molecular weight is 398 g/mol. The molecule has 29 heavy (non-hydrogen) atoms. The molecule has 0 unspecified atom stereocenters. The molecule has 0 amide bonds. The molecule has 1 N–H and O–H groups in total. The van der Waals surface area contributed by atoms with E-state index in [2.05, 4.69) is 9.47 Å². The van der Waals surface area contributed by atoms with Crippen molar-refractivity contribution in [3.63, 3.8) is 0 Å². The second-order valence-corrected chi connectivity index (χ2v) is 5.62. The highest BCUT2D eigenvalue weighted by atomic mass is 19.1. The van der Waals surface area contributed by atoms with Gasteiger partial charge in [-0.2, -0.15) is 0 Å². The highest BCUT2D eigenvalue weighted by Crippen LogP contribution is 2.23. The molecule has 0 radical (unpaired) electrons. The first-order chi connectivity index (χ1) is 13.9. The Bertz CT molecular complexity index is 986. The number of benzene rings is 3. The van der Waals surface area contributed by atoms with Crippen LogP contribution in [0.5, 0.6) is 17.2 Å². The maximum Gasteiger partial charge on any atom is 0.337 e. The number of carbonyl (C=O) groups excluding carboxylic acids is 2. The van der Waals surface area contributed by atoms with Crippen LogP contribution in [0.3, 0.4) is 0 Å². The number of halogens is 1. The first-order valence-electron chi connectivity index (χ1n) is 8.42. The van der Waals surface area contributed by atoms with Gasteiger partial charge in [0, 0.05) is 6.07 Å². The van der Waals surface area contributed by atoms with Crippen LogP contribution in [0.1, 0.15) is 20.7 Å². The van der Waals surface area contributed by atoms with Crippen molar-refractivity contribution in [2.24, 2.45) is 0 Å². The number of hydrogen-bond acceptors (Lipinski definition) is 6. The number of carbonyl (C=O) groups is 2. The Morgan fingerprint density at radius 1 is 0.759 bits per heavy atom. The number of phenolic OH excluding ortho intramolecular Hbond substituents is 1. The van der Waals surface area contributed by atoms with Gasteiger partial charge < -0.3 is 19.3 Å². The monoisotopic (exact) mass is 398 g/mol. The Morgan fingerprint density at radius 3 is 1.83 bits per heavy atom. The molecule has 0 fully saturated rings. The predicted octanol–water partition coefficient (Wildman–Crippen LogP) is 4.58. The summed E-state index contributed by atoms with van der Waals surface area (Å²) in [5.41, 5.74) is 0.735. The summed E-state index contributed by atoms with van der Waals surface area (Å²) in [5.74, 6) is -0.384. The van der Waals surface area contributed by atoms with Gasteiger partial charge in [0.15, 0.2) is 0 Å². The normalized spacial score (nSPS) is 9.62. The highest BCUT2D eigenvalue weighted by Gasteiger charge is 2.07. The zero-order valence-corrected chi connectivity index (χ0v) is 15.8. The van der Waals surface area contributed by atoms with Gasteiger partial charge in [0.05, 0.1) is 25.3 Å². The zero-order chi connectivity index (χ0) is 21.2. The lowest BCUT2D eigenvalue weighted by atomic mass is 10.2. The predicted molar refractivity (Wildman–Crippen MR) is 104 cm³/mol. The Labute approximate surface area is 167 Å². The molecule has 3 aromatic rings. The van der Waals surface area contributed by atoms with Crippen LogP contribution < -0.4 is 4.74 Å². The van der Waals surface area contributed by atoms with Crippen molar-refractivity contribution in [1.29, 1.82) is 0 Å². The largest absolute Gasteiger partial charge is 0.508 e. The molecule has 150 valence electrons. The molecule has 0 aliphatic heterocycles. The van der Waals surface area contributed by atoms with E-state index in [4.69, 9.17) is 9.84 Å². The van der Waals surface area contributed by atoms with E-state index in [1.54, 1.807) is 42.5 Å². The molecule has 6 nitrogen and oxygen atoms in total. The number of aromatic hydroxyl groups is 1. The van der Waals surface area contributed by atoms with Crippen LogP contribution in [0.4, 0.5) is 4.39 Å². The zero-order valence-electron chi connectivity index (χ0n) is 15.8. The van der Waals surface area contributed by atoms with Crippen LogP contribution >= 0.6 is 0 Å². The van der Waals surface area contributed by atoms with Gasteiger partial charge in [0.1, 0.15) is 23.1 Å². The van der Waals surface area contributed by atoms with E-state index in [0.29, 0.717) is 22.6 Å². The fourth-order valence-corrected chi connectivity index (χ4v) is 2.22. The van der Waals surface area contributed by atoms with Crippen LogP contribution in [0.15, 0.2) is 72.8 Å². The summed E-state index contributed by atoms with van der Waals surface area (Å²) in [6.07, 6.45) is 0.